The van der Waals surface area contributed by atoms with E-state index >= 15 is 0 Å². The molecule has 0 aliphatic carbocycles. The molecule has 154 valence electrons. The van der Waals surface area contributed by atoms with Crippen LogP contribution in [0.15, 0.2) is 6.07 Å². The highest BCUT2D eigenvalue weighted by Crippen LogP contribution is 2.34. The Labute approximate surface area is 179 Å². The maximum absolute atomic E-state index is 12.3. The van der Waals surface area contributed by atoms with E-state index in [4.69, 9.17) is 9.47 Å². The third-order valence-electron chi connectivity index (χ3n) is 4.02. The number of fused-ring (bicyclic) bond motifs is 1. The molecule has 0 spiro atoms. The fourth-order valence-corrected chi connectivity index (χ4v) is 5.54. The van der Waals surface area contributed by atoms with Crippen LogP contribution < -0.4 is 10.2 Å². The number of carbonyl (C=O) groups is 3. The first-order valence-corrected chi connectivity index (χ1v) is 10.9. The van der Waals surface area contributed by atoms with Crippen molar-refractivity contribution in [2.75, 3.05) is 38.0 Å². The van der Waals surface area contributed by atoms with E-state index in [0.29, 0.717) is 15.4 Å². The summed E-state index contributed by atoms with van der Waals surface area (Å²) in [5, 5.41) is 3.86. The van der Waals surface area contributed by atoms with Gasteiger partial charge >= 0.3 is 11.9 Å². The highest BCUT2D eigenvalue weighted by atomic mass is 32.1. The van der Waals surface area contributed by atoms with Gasteiger partial charge in [-0.25, -0.2) is 14.6 Å². The van der Waals surface area contributed by atoms with E-state index in [1.54, 1.807) is 13.0 Å². The monoisotopic (exact) mass is 453 g/mol. The number of nitrogens with one attached hydrogen (secondary N) is 1. The normalized spacial score (nSPS) is 10.8. The van der Waals surface area contributed by atoms with Crippen molar-refractivity contribution in [2.24, 2.45) is 0 Å². The van der Waals surface area contributed by atoms with Gasteiger partial charge in [-0.1, -0.05) is 11.3 Å². The molecule has 1 N–H and O–H groups in total. The van der Waals surface area contributed by atoms with Gasteiger partial charge in [0, 0.05) is 19.0 Å². The Hall–Kier alpha value is -2.50. The molecular formula is C18H19N3O5S3. The molecule has 11 heteroatoms. The highest BCUT2D eigenvalue weighted by Gasteiger charge is 2.22. The van der Waals surface area contributed by atoms with Gasteiger partial charge in [0.2, 0.25) is 0 Å². The van der Waals surface area contributed by atoms with E-state index in [1.807, 2.05) is 25.9 Å². The lowest BCUT2D eigenvalue weighted by atomic mass is 10.1. The lowest BCUT2D eigenvalue weighted by Gasteiger charge is -2.07. The highest BCUT2D eigenvalue weighted by molar-refractivity contribution is 7.29. The SMILES string of the molecule is COC(=O)c1c(NC(=O)COC(=O)c2cc3sc(N(C)C)nc3s2)sc(C)c1C. The van der Waals surface area contributed by atoms with Gasteiger partial charge in [-0.15, -0.1) is 22.7 Å². The van der Waals surface area contributed by atoms with E-state index in [9.17, 15) is 14.4 Å². The van der Waals surface area contributed by atoms with Gasteiger partial charge in [0.25, 0.3) is 5.91 Å². The Morgan fingerprint density at radius 2 is 1.86 bits per heavy atom. The van der Waals surface area contributed by atoms with Crippen LogP contribution in [0.3, 0.4) is 0 Å². The maximum Gasteiger partial charge on any atom is 0.348 e. The van der Waals surface area contributed by atoms with Crippen LogP contribution in [0.5, 0.6) is 0 Å². The standard InChI is InChI=1S/C18H19N3O5S3/c1-8-9(2)27-15(13(8)17(24)25-5)19-12(22)7-26-16(23)11-6-10-14(28-11)20-18(29-10)21(3)4/h6H,7H2,1-5H3,(H,19,22). The molecule has 29 heavy (non-hydrogen) atoms. The number of carbonyl (C=O) groups excluding carboxylic acids is 3. The summed E-state index contributed by atoms with van der Waals surface area (Å²) in [4.78, 5) is 44.8. The van der Waals surface area contributed by atoms with Gasteiger partial charge in [-0.2, -0.15) is 0 Å². The summed E-state index contributed by atoms with van der Waals surface area (Å²) in [7, 11) is 5.08. The van der Waals surface area contributed by atoms with Crippen molar-refractivity contribution in [3.05, 3.63) is 26.9 Å². The topological polar surface area (TPSA) is 97.8 Å². The van der Waals surface area contributed by atoms with Crippen LogP contribution in [-0.4, -0.2) is 50.6 Å². The van der Waals surface area contributed by atoms with E-state index < -0.39 is 24.5 Å². The van der Waals surface area contributed by atoms with Crippen molar-refractivity contribution in [2.45, 2.75) is 13.8 Å². The van der Waals surface area contributed by atoms with Crippen molar-refractivity contribution in [1.29, 1.82) is 0 Å². The number of nitrogens with zero attached hydrogens (tertiary/aromatic N) is 2. The molecule has 0 atom stereocenters. The fraction of sp³-hybridized carbons (Fsp3) is 0.333. The lowest BCUT2D eigenvalue weighted by Crippen LogP contribution is -2.21. The predicted molar refractivity (Wildman–Crippen MR) is 116 cm³/mol. The molecule has 0 bridgehead atoms. The molecule has 3 aromatic heterocycles. The summed E-state index contributed by atoms with van der Waals surface area (Å²) < 4.78 is 10.8. The minimum absolute atomic E-state index is 0.316. The van der Waals surface area contributed by atoms with Gasteiger partial charge < -0.3 is 19.7 Å². The summed E-state index contributed by atoms with van der Waals surface area (Å²) in [6.45, 7) is 3.17. The largest absolute Gasteiger partial charge is 0.465 e. The van der Waals surface area contributed by atoms with E-state index in [2.05, 4.69) is 10.3 Å². The quantitative estimate of drug-likeness (QED) is 0.569. The first-order chi connectivity index (χ1) is 13.7. The Morgan fingerprint density at radius 1 is 1.14 bits per heavy atom. The number of hydrogen-bond donors (Lipinski definition) is 1. The zero-order chi connectivity index (χ0) is 21.3. The molecule has 0 saturated heterocycles. The van der Waals surface area contributed by atoms with E-state index in [1.165, 1.54) is 41.1 Å². The Kier molecular flexibility index (Phi) is 6.20. The number of aryl methyl sites for hydroxylation is 1. The van der Waals surface area contributed by atoms with Crippen LogP contribution in [0.4, 0.5) is 10.1 Å². The first kappa shape index (κ1) is 21.2. The summed E-state index contributed by atoms with van der Waals surface area (Å²) in [5.41, 5.74) is 1.06. The molecule has 0 unspecified atom stereocenters. The summed E-state index contributed by atoms with van der Waals surface area (Å²) in [6, 6.07) is 1.71. The van der Waals surface area contributed by atoms with Crippen molar-refractivity contribution in [3.8, 4) is 0 Å². The van der Waals surface area contributed by atoms with Crippen molar-refractivity contribution < 1.29 is 23.9 Å². The third kappa shape index (κ3) is 4.41. The zero-order valence-corrected chi connectivity index (χ0v) is 18.9. The third-order valence-corrected chi connectivity index (χ3v) is 7.45. The summed E-state index contributed by atoms with van der Waals surface area (Å²) >= 11 is 3.97. The molecule has 0 aliphatic heterocycles. The summed E-state index contributed by atoms with van der Waals surface area (Å²) in [6.07, 6.45) is 0. The average molecular weight is 454 g/mol. The number of methoxy groups -OCH3 is 1. The van der Waals surface area contributed by atoms with Crippen molar-refractivity contribution in [1.82, 2.24) is 4.98 Å². The molecule has 0 radical (unpaired) electrons. The van der Waals surface area contributed by atoms with Crippen molar-refractivity contribution >= 4 is 71.5 Å². The van der Waals surface area contributed by atoms with E-state index in [0.717, 1.165) is 25.1 Å². The average Bonchev–Trinajstić information content (AvgIpc) is 3.31. The molecular weight excluding hydrogens is 434 g/mol. The number of thiophene rings is 2. The zero-order valence-electron chi connectivity index (χ0n) is 16.4. The number of esters is 2. The number of amides is 1. The van der Waals surface area contributed by atoms with Crippen LogP contribution in [0.25, 0.3) is 9.53 Å². The first-order valence-electron chi connectivity index (χ1n) is 8.44. The molecule has 0 aromatic carbocycles. The molecule has 8 nitrogen and oxygen atoms in total. The predicted octanol–water partition coefficient (Wildman–Crippen LogP) is 3.68. The van der Waals surface area contributed by atoms with Gasteiger partial charge in [0.05, 0.1) is 17.4 Å². The van der Waals surface area contributed by atoms with Crippen LogP contribution in [0.2, 0.25) is 0 Å². The molecule has 0 aliphatic rings. The fourth-order valence-electron chi connectivity index (χ4n) is 2.44. The number of rotatable bonds is 6. The second kappa shape index (κ2) is 8.47. The second-order valence-corrected chi connectivity index (χ2v) is 9.54. The van der Waals surface area contributed by atoms with Crippen LogP contribution in [0.1, 0.15) is 30.5 Å². The number of thiazole rings is 1. The van der Waals surface area contributed by atoms with Crippen LogP contribution in [-0.2, 0) is 14.3 Å². The second-order valence-electron chi connectivity index (χ2n) is 6.27. The van der Waals surface area contributed by atoms with E-state index in [-0.39, 0.29) is 0 Å². The number of anilines is 2. The van der Waals surface area contributed by atoms with Gasteiger partial charge in [-0.05, 0) is 25.5 Å². The number of aromatic nitrogens is 1. The van der Waals surface area contributed by atoms with Crippen LogP contribution >= 0.6 is 34.0 Å². The smallest absolute Gasteiger partial charge is 0.348 e. The maximum atomic E-state index is 12.3. The molecule has 1 amide bonds. The number of hydrogen-bond acceptors (Lipinski definition) is 10. The molecule has 0 saturated carbocycles. The minimum Gasteiger partial charge on any atom is -0.465 e. The molecule has 3 aromatic rings. The van der Waals surface area contributed by atoms with Gasteiger partial charge in [0.15, 0.2) is 11.7 Å². The Morgan fingerprint density at radius 3 is 2.48 bits per heavy atom. The summed E-state index contributed by atoms with van der Waals surface area (Å²) in [5.74, 6) is -1.65. The van der Waals surface area contributed by atoms with Gasteiger partial charge in [0.1, 0.15) is 14.7 Å². The lowest BCUT2D eigenvalue weighted by molar-refractivity contribution is -0.119. The Balaban J connectivity index is 1.64. The van der Waals surface area contributed by atoms with Crippen molar-refractivity contribution in [3.63, 3.8) is 0 Å². The Bertz CT molecular complexity index is 1060. The van der Waals surface area contributed by atoms with Crippen LogP contribution in [0, 0.1) is 13.8 Å². The molecule has 0 fully saturated rings. The van der Waals surface area contributed by atoms with Gasteiger partial charge in [-0.3, -0.25) is 4.79 Å². The molecule has 3 heterocycles. The molecule has 3 rings (SSSR count). The minimum atomic E-state index is -0.589. The number of ether oxygens (including phenoxy) is 2.